The topological polar surface area (TPSA) is 56.7 Å². The highest BCUT2D eigenvalue weighted by Gasteiger charge is 2.06. The highest BCUT2D eigenvalue weighted by atomic mass is 32.1. The van der Waals surface area contributed by atoms with Gasteiger partial charge in [0.15, 0.2) is 5.82 Å². The molecular weight excluding hydrogens is 184 g/mol. The van der Waals surface area contributed by atoms with Crippen LogP contribution in [0, 0.1) is 0 Å². The van der Waals surface area contributed by atoms with Crippen LogP contribution in [0.1, 0.15) is 5.01 Å². The second-order valence-electron chi connectivity index (χ2n) is 2.69. The molecule has 4 nitrogen and oxygen atoms in total. The van der Waals surface area contributed by atoms with E-state index < -0.39 is 0 Å². The van der Waals surface area contributed by atoms with Gasteiger partial charge in [0, 0.05) is 31.4 Å². The van der Waals surface area contributed by atoms with Gasteiger partial charge in [-0.15, -0.1) is 11.3 Å². The van der Waals surface area contributed by atoms with Gasteiger partial charge in [-0.25, -0.2) is 9.97 Å². The Morgan fingerprint density at radius 1 is 1.62 bits per heavy atom. The molecule has 0 aliphatic rings. The maximum atomic E-state index is 5.48. The Morgan fingerprint density at radius 3 is 3.00 bits per heavy atom. The zero-order valence-corrected chi connectivity index (χ0v) is 8.08. The van der Waals surface area contributed by atoms with E-state index in [0.29, 0.717) is 6.54 Å². The Balaban J connectivity index is 2.41. The Bertz CT molecular complexity index is 404. The first-order chi connectivity index (χ1) is 6.31. The van der Waals surface area contributed by atoms with E-state index in [0.717, 1.165) is 16.5 Å². The summed E-state index contributed by atoms with van der Waals surface area (Å²) >= 11 is 1.57. The zero-order chi connectivity index (χ0) is 9.26. The lowest BCUT2D eigenvalue weighted by atomic mass is 10.4. The quantitative estimate of drug-likeness (QED) is 0.776. The smallest absolute Gasteiger partial charge is 0.159 e. The number of hydrogen-bond acceptors (Lipinski definition) is 4. The molecule has 0 saturated carbocycles. The summed E-state index contributed by atoms with van der Waals surface area (Å²) in [7, 11) is 1.95. The van der Waals surface area contributed by atoms with Crippen molar-refractivity contribution in [1.82, 2.24) is 14.5 Å². The van der Waals surface area contributed by atoms with E-state index in [1.807, 2.05) is 23.2 Å². The molecule has 0 atom stereocenters. The van der Waals surface area contributed by atoms with Crippen molar-refractivity contribution in [1.29, 1.82) is 0 Å². The summed E-state index contributed by atoms with van der Waals surface area (Å²) in [6, 6.07) is 0. The first-order valence-corrected chi connectivity index (χ1v) is 4.81. The van der Waals surface area contributed by atoms with Gasteiger partial charge in [0.2, 0.25) is 0 Å². The van der Waals surface area contributed by atoms with Gasteiger partial charge < -0.3 is 10.3 Å². The molecule has 68 valence electrons. The fourth-order valence-corrected chi connectivity index (χ4v) is 1.77. The molecule has 0 bridgehead atoms. The van der Waals surface area contributed by atoms with Crippen molar-refractivity contribution >= 4 is 11.3 Å². The van der Waals surface area contributed by atoms with E-state index in [2.05, 4.69) is 9.97 Å². The predicted molar refractivity (Wildman–Crippen MR) is 52.2 cm³/mol. The van der Waals surface area contributed by atoms with Crippen molar-refractivity contribution in [3.8, 4) is 11.5 Å². The van der Waals surface area contributed by atoms with Crippen LogP contribution in [0.4, 0.5) is 0 Å². The van der Waals surface area contributed by atoms with Gasteiger partial charge in [0.1, 0.15) is 10.7 Å². The van der Waals surface area contributed by atoms with Crippen molar-refractivity contribution in [3.63, 3.8) is 0 Å². The monoisotopic (exact) mass is 194 g/mol. The number of thiazole rings is 1. The van der Waals surface area contributed by atoms with Crippen LogP contribution < -0.4 is 5.73 Å². The van der Waals surface area contributed by atoms with Gasteiger partial charge in [-0.2, -0.15) is 0 Å². The van der Waals surface area contributed by atoms with Crippen LogP contribution >= 0.6 is 11.3 Å². The Hall–Kier alpha value is -1.20. The highest BCUT2D eigenvalue weighted by Crippen LogP contribution is 2.18. The predicted octanol–water partition coefficient (Wildman–Crippen LogP) is 1.00. The van der Waals surface area contributed by atoms with Crippen LogP contribution in [0.2, 0.25) is 0 Å². The highest BCUT2D eigenvalue weighted by molar-refractivity contribution is 7.09. The molecule has 13 heavy (non-hydrogen) atoms. The standard InChI is InChI=1S/C8H10N4S/c1-12-3-2-10-8(12)6-5-13-7(4-9)11-6/h2-3,5H,4,9H2,1H3. The van der Waals surface area contributed by atoms with Gasteiger partial charge in [-0.3, -0.25) is 0 Å². The molecule has 2 heterocycles. The first kappa shape index (κ1) is 8.40. The van der Waals surface area contributed by atoms with Crippen LogP contribution in [0.15, 0.2) is 17.8 Å². The third-order valence-corrected chi connectivity index (χ3v) is 2.65. The summed E-state index contributed by atoms with van der Waals surface area (Å²) < 4.78 is 1.94. The van der Waals surface area contributed by atoms with Crippen molar-refractivity contribution in [2.24, 2.45) is 12.8 Å². The number of hydrogen-bond donors (Lipinski definition) is 1. The summed E-state index contributed by atoms with van der Waals surface area (Å²) in [4.78, 5) is 8.54. The Labute approximate surface area is 80.1 Å². The van der Waals surface area contributed by atoms with Crippen LogP contribution in [0.3, 0.4) is 0 Å². The summed E-state index contributed by atoms with van der Waals surface area (Å²) in [5.41, 5.74) is 6.38. The van der Waals surface area contributed by atoms with Crippen LogP contribution in [-0.4, -0.2) is 14.5 Å². The van der Waals surface area contributed by atoms with E-state index in [1.54, 1.807) is 17.5 Å². The molecule has 0 aromatic carbocycles. The fraction of sp³-hybridized carbons (Fsp3) is 0.250. The van der Waals surface area contributed by atoms with E-state index >= 15 is 0 Å². The van der Waals surface area contributed by atoms with Crippen LogP contribution in [0.5, 0.6) is 0 Å². The lowest BCUT2D eigenvalue weighted by molar-refractivity contribution is 0.915. The molecular formula is C8H10N4S. The maximum Gasteiger partial charge on any atom is 0.159 e. The van der Waals surface area contributed by atoms with Crippen molar-refractivity contribution < 1.29 is 0 Å². The van der Waals surface area contributed by atoms with E-state index in [4.69, 9.17) is 5.73 Å². The molecule has 2 N–H and O–H groups in total. The molecule has 0 spiro atoms. The summed E-state index contributed by atoms with van der Waals surface area (Å²) in [5, 5.41) is 2.92. The van der Waals surface area contributed by atoms with E-state index in [1.165, 1.54) is 0 Å². The van der Waals surface area contributed by atoms with Crippen LogP contribution in [0.25, 0.3) is 11.5 Å². The molecule has 2 aromatic rings. The van der Waals surface area contributed by atoms with Gasteiger partial charge in [-0.05, 0) is 0 Å². The third-order valence-electron chi connectivity index (χ3n) is 1.78. The first-order valence-electron chi connectivity index (χ1n) is 3.93. The Kier molecular flexibility index (Phi) is 2.12. The molecule has 0 aliphatic heterocycles. The third kappa shape index (κ3) is 1.48. The number of nitrogens with zero attached hydrogens (tertiary/aromatic N) is 3. The fourth-order valence-electron chi connectivity index (χ4n) is 1.12. The second kappa shape index (κ2) is 3.27. The molecule has 0 radical (unpaired) electrons. The SMILES string of the molecule is Cn1ccnc1-c1csc(CN)n1. The van der Waals surface area contributed by atoms with Gasteiger partial charge in [0.25, 0.3) is 0 Å². The lowest BCUT2D eigenvalue weighted by Crippen LogP contribution is -1.96. The second-order valence-corrected chi connectivity index (χ2v) is 3.64. The van der Waals surface area contributed by atoms with Crippen molar-refractivity contribution in [2.75, 3.05) is 0 Å². The number of aryl methyl sites for hydroxylation is 1. The minimum absolute atomic E-state index is 0.495. The molecule has 2 aromatic heterocycles. The molecule has 2 rings (SSSR count). The van der Waals surface area contributed by atoms with E-state index in [9.17, 15) is 0 Å². The number of imidazole rings is 1. The summed E-state index contributed by atoms with van der Waals surface area (Å²) in [5.74, 6) is 0.885. The average Bonchev–Trinajstić information content (AvgIpc) is 2.71. The molecule has 0 fully saturated rings. The molecule has 0 saturated heterocycles. The lowest BCUT2D eigenvalue weighted by Gasteiger charge is -1.95. The normalized spacial score (nSPS) is 10.6. The minimum atomic E-state index is 0.495. The zero-order valence-electron chi connectivity index (χ0n) is 7.27. The molecule has 0 amide bonds. The number of aromatic nitrogens is 3. The summed E-state index contributed by atoms with van der Waals surface area (Å²) in [6.45, 7) is 0.495. The largest absolute Gasteiger partial charge is 0.333 e. The van der Waals surface area contributed by atoms with Gasteiger partial charge >= 0.3 is 0 Å². The van der Waals surface area contributed by atoms with Crippen molar-refractivity contribution in [3.05, 3.63) is 22.8 Å². The Morgan fingerprint density at radius 2 is 2.46 bits per heavy atom. The number of nitrogens with two attached hydrogens (primary N) is 1. The van der Waals surface area contributed by atoms with Crippen molar-refractivity contribution in [2.45, 2.75) is 6.54 Å². The molecule has 0 aliphatic carbocycles. The number of rotatable bonds is 2. The van der Waals surface area contributed by atoms with E-state index in [-0.39, 0.29) is 0 Å². The summed E-state index contributed by atoms with van der Waals surface area (Å²) in [6.07, 6.45) is 3.66. The van der Waals surface area contributed by atoms with Gasteiger partial charge in [-0.1, -0.05) is 0 Å². The van der Waals surface area contributed by atoms with Crippen LogP contribution in [-0.2, 0) is 13.6 Å². The van der Waals surface area contributed by atoms with Gasteiger partial charge in [0.05, 0.1) is 0 Å². The molecule has 5 heteroatoms. The minimum Gasteiger partial charge on any atom is -0.333 e. The average molecular weight is 194 g/mol. The molecule has 0 unspecified atom stereocenters. The maximum absolute atomic E-state index is 5.48.